The van der Waals surface area contributed by atoms with Gasteiger partial charge in [0.05, 0.1) is 15.1 Å². The lowest BCUT2D eigenvalue weighted by molar-refractivity contribution is -0.380. The molecule has 2 aromatic heterocycles. The summed E-state index contributed by atoms with van der Waals surface area (Å²) in [6.45, 7) is 6.97. The molecule has 0 aliphatic heterocycles. The lowest BCUT2D eigenvalue weighted by Crippen LogP contribution is -2.15. The van der Waals surface area contributed by atoms with Gasteiger partial charge < -0.3 is 4.57 Å². The van der Waals surface area contributed by atoms with Gasteiger partial charge in [0.1, 0.15) is 4.88 Å². The summed E-state index contributed by atoms with van der Waals surface area (Å²) in [7, 11) is 0. The van der Waals surface area contributed by atoms with Gasteiger partial charge in [0, 0.05) is 12.6 Å². The molecular weight excluding hydrogens is 358 g/mol. The number of hydrogen-bond acceptors (Lipinski definition) is 5. The van der Waals surface area contributed by atoms with Gasteiger partial charge in [-0.15, -0.1) is 0 Å². The van der Waals surface area contributed by atoms with Gasteiger partial charge in [-0.3, -0.25) is 14.9 Å². The molecule has 0 saturated carbocycles. The van der Waals surface area contributed by atoms with E-state index in [0.29, 0.717) is 17.3 Å². The van der Waals surface area contributed by atoms with Gasteiger partial charge in [-0.1, -0.05) is 42.6 Å². The third-order valence-corrected chi connectivity index (χ3v) is 5.94. The Morgan fingerprint density at radius 2 is 2.04 bits per heavy atom. The van der Waals surface area contributed by atoms with E-state index < -0.39 is 10.8 Å². The van der Waals surface area contributed by atoms with Crippen LogP contribution >= 0.6 is 22.7 Å². The number of nitrogens with zero attached hydrogens (tertiary/aromatic N) is 3. The number of hydrogen-bond donors (Lipinski definition) is 0. The maximum Gasteiger partial charge on any atom is 0.324 e. The fourth-order valence-electron chi connectivity index (χ4n) is 2.52. The molecule has 0 atom stereocenters. The van der Waals surface area contributed by atoms with E-state index >= 15 is 0 Å². The molecular formula is C17H17N3O3S2. The second-order valence-electron chi connectivity index (χ2n) is 5.82. The van der Waals surface area contributed by atoms with E-state index in [1.54, 1.807) is 0 Å². The first kappa shape index (κ1) is 17.5. The van der Waals surface area contributed by atoms with Crippen LogP contribution in [0.1, 0.15) is 41.9 Å². The van der Waals surface area contributed by atoms with Crippen LogP contribution in [0.15, 0.2) is 35.3 Å². The fraction of sp³-hybridized carbons (Fsp3) is 0.294. The Morgan fingerprint density at radius 3 is 2.64 bits per heavy atom. The van der Waals surface area contributed by atoms with Crippen molar-refractivity contribution in [3.8, 4) is 0 Å². The Balaban J connectivity index is 2.08. The number of nitro groups is 1. The minimum absolute atomic E-state index is 0.0557. The summed E-state index contributed by atoms with van der Waals surface area (Å²) in [4.78, 5) is 27.8. The van der Waals surface area contributed by atoms with Crippen LogP contribution in [0, 0.1) is 10.1 Å². The topological polar surface area (TPSA) is 77.5 Å². The second-order valence-corrected chi connectivity index (χ2v) is 7.89. The zero-order chi connectivity index (χ0) is 18.1. The van der Waals surface area contributed by atoms with Crippen molar-refractivity contribution in [3.63, 3.8) is 0 Å². The first-order valence-corrected chi connectivity index (χ1v) is 9.50. The van der Waals surface area contributed by atoms with E-state index in [0.717, 1.165) is 21.6 Å². The van der Waals surface area contributed by atoms with E-state index in [2.05, 4.69) is 37.0 Å². The molecule has 0 bridgehead atoms. The van der Waals surface area contributed by atoms with Crippen molar-refractivity contribution in [2.75, 3.05) is 0 Å². The molecule has 1 aromatic carbocycles. The smallest absolute Gasteiger partial charge is 0.317 e. The zero-order valence-electron chi connectivity index (χ0n) is 14.1. The van der Waals surface area contributed by atoms with E-state index in [4.69, 9.17) is 0 Å². The van der Waals surface area contributed by atoms with Crippen LogP contribution in [-0.2, 0) is 6.54 Å². The maximum absolute atomic E-state index is 12.4. The molecule has 130 valence electrons. The molecule has 8 heteroatoms. The molecule has 0 aliphatic rings. The Kier molecular flexibility index (Phi) is 4.82. The van der Waals surface area contributed by atoms with E-state index in [1.165, 1.54) is 29.0 Å². The van der Waals surface area contributed by atoms with Crippen molar-refractivity contribution in [2.24, 2.45) is 4.99 Å². The van der Waals surface area contributed by atoms with Crippen LogP contribution in [0.5, 0.6) is 0 Å². The molecule has 0 spiro atoms. The first-order valence-electron chi connectivity index (χ1n) is 7.87. The first-order chi connectivity index (χ1) is 11.9. The minimum atomic E-state index is -0.499. The molecule has 3 rings (SSSR count). The Bertz CT molecular complexity index is 1030. The average molecular weight is 375 g/mol. The largest absolute Gasteiger partial charge is 0.324 e. The van der Waals surface area contributed by atoms with Crippen molar-refractivity contribution < 1.29 is 9.72 Å². The van der Waals surface area contributed by atoms with Gasteiger partial charge in [0.15, 0.2) is 4.80 Å². The Morgan fingerprint density at radius 1 is 1.28 bits per heavy atom. The molecule has 0 N–H and O–H groups in total. The molecule has 0 radical (unpaired) electrons. The highest BCUT2D eigenvalue weighted by Gasteiger charge is 2.15. The predicted molar refractivity (Wildman–Crippen MR) is 100 cm³/mol. The van der Waals surface area contributed by atoms with E-state index in [1.807, 2.05) is 11.5 Å². The molecule has 25 heavy (non-hydrogen) atoms. The maximum atomic E-state index is 12.4. The van der Waals surface area contributed by atoms with Gasteiger partial charge in [-0.2, -0.15) is 4.99 Å². The summed E-state index contributed by atoms with van der Waals surface area (Å²) in [5.74, 6) is -0.0220. The molecule has 0 unspecified atom stereocenters. The highest BCUT2D eigenvalue weighted by molar-refractivity contribution is 7.17. The van der Waals surface area contributed by atoms with Crippen LogP contribution in [-0.4, -0.2) is 15.4 Å². The summed E-state index contributed by atoms with van der Waals surface area (Å²) in [6.07, 6.45) is 0. The van der Waals surface area contributed by atoms with Crippen LogP contribution in [0.4, 0.5) is 5.00 Å². The van der Waals surface area contributed by atoms with E-state index in [-0.39, 0.29) is 9.88 Å². The molecule has 0 fully saturated rings. The molecule has 0 aliphatic carbocycles. The number of thiophene rings is 1. The van der Waals surface area contributed by atoms with Crippen molar-refractivity contribution in [1.82, 2.24) is 4.57 Å². The third kappa shape index (κ3) is 3.40. The number of benzene rings is 1. The summed E-state index contributed by atoms with van der Waals surface area (Å²) >= 11 is 2.31. The summed E-state index contributed by atoms with van der Waals surface area (Å²) in [6, 6.07) is 9.08. The SMILES string of the molecule is CCn1c(=NC(=O)c2ccc([N+](=O)[O-])s2)sc2cc(C(C)C)ccc21. The number of aromatic nitrogens is 1. The van der Waals surface area contributed by atoms with Crippen molar-refractivity contribution in [1.29, 1.82) is 0 Å². The highest BCUT2D eigenvalue weighted by Crippen LogP contribution is 2.25. The quantitative estimate of drug-likeness (QED) is 0.495. The number of amides is 1. The van der Waals surface area contributed by atoms with Crippen molar-refractivity contribution in [3.05, 3.63) is 55.7 Å². The number of fused-ring (bicyclic) bond motifs is 1. The summed E-state index contributed by atoms with van der Waals surface area (Å²) in [5.41, 5.74) is 2.28. The lowest BCUT2D eigenvalue weighted by Gasteiger charge is -2.05. The Hall–Kier alpha value is -2.32. The molecule has 2 heterocycles. The number of aryl methyl sites for hydroxylation is 1. The zero-order valence-corrected chi connectivity index (χ0v) is 15.7. The van der Waals surface area contributed by atoms with Crippen LogP contribution in [0.25, 0.3) is 10.2 Å². The van der Waals surface area contributed by atoms with Gasteiger partial charge in [-0.05, 0) is 36.6 Å². The number of thiazole rings is 1. The van der Waals surface area contributed by atoms with Gasteiger partial charge in [-0.25, -0.2) is 0 Å². The van der Waals surface area contributed by atoms with Crippen LogP contribution < -0.4 is 4.80 Å². The van der Waals surface area contributed by atoms with Crippen LogP contribution in [0.2, 0.25) is 0 Å². The average Bonchev–Trinajstić information content (AvgIpc) is 3.18. The molecule has 0 saturated heterocycles. The Labute approximate surface area is 152 Å². The number of rotatable bonds is 4. The predicted octanol–water partition coefficient (Wildman–Crippen LogP) is 4.56. The third-order valence-electron chi connectivity index (χ3n) is 3.87. The highest BCUT2D eigenvalue weighted by atomic mass is 32.1. The molecule has 1 amide bonds. The number of carbonyl (C=O) groups is 1. The molecule has 6 nitrogen and oxygen atoms in total. The summed E-state index contributed by atoms with van der Waals surface area (Å²) in [5, 5.41) is 10.7. The monoisotopic (exact) mass is 375 g/mol. The molecule has 3 aromatic rings. The normalized spacial score (nSPS) is 12.2. The van der Waals surface area contributed by atoms with Crippen LogP contribution in [0.3, 0.4) is 0 Å². The lowest BCUT2D eigenvalue weighted by atomic mass is 10.0. The minimum Gasteiger partial charge on any atom is -0.317 e. The summed E-state index contributed by atoms with van der Waals surface area (Å²) < 4.78 is 3.07. The van der Waals surface area contributed by atoms with Crippen molar-refractivity contribution in [2.45, 2.75) is 33.2 Å². The second kappa shape index (κ2) is 6.89. The van der Waals surface area contributed by atoms with Crippen molar-refractivity contribution >= 4 is 43.8 Å². The van der Waals surface area contributed by atoms with Gasteiger partial charge >= 0.3 is 5.00 Å². The van der Waals surface area contributed by atoms with Gasteiger partial charge in [0.2, 0.25) is 0 Å². The van der Waals surface area contributed by atoms with E-state index in [9.17, 15) is 14.9 Å². The standard InChI is InChI=1S/C17H17N3O3S2/c1-4-19-12-6-5-11(10(2)3)9-14(12)25-17(19)18-16(21)13-7-8-15(24-13)20(22)23/h5-10H,4H2,1-3H3. The van der Waals surface area contributed by atoms with Gasteiger partial charge in [0.25, 0.3) is 5.91 Å². The number of carbonyl (C=O) groups excluding carboxylic acids is 1. The fourth-order valence-corrected chi connectivity index (χ4v) is 4.37.